The maximum Gasteiger partial charge on any atom is 0.410 e. The van der Waals surface area contributed by atoms with Crippen molar-refractivity contribution >= 4 is 62.9 Å². The summed E-state index contributed by atoms with van der Waals surface area (Å²) in [5.41, 5.74) is -0.157. The van der Waals surface area contributed by atoms with Crippen LogP contribution in [0.25, 0.3) is 0 Å². The molecule has 0 saturated carbocycles. The first-order valence-corrected chi connectivity index (χ1v) is 14.6. The van der Waals surface area contributed by atoms with E-state index in [2.05, 4.69) is 15.9 Å². The molecule has 1 aliphatic carbocycles. The van der Waals surface area contributed by atoms with E-state index in [1.807, 2.05) is 18.2 Å². The van der Waals surface area contributed by atoms with Crippen LogP contribution in [0.2, 0.25) is 10.0 Å². The van der Waals surface area contributed by atoms with E-state index in [0.29, 0.717) is 5.56 Å². The van der Waals surface area contributed by atoms with Crippen molar-refractivity contribution in [2.45, 2.75) is 37.1 Å². The highest BCUT2D eigenvalue weighted by Crippen LogP contribution is 2.40. The van der Waals surface area contributed by atoms with Gasteiger partial charge in [0, 0.05) is 34.0 Å². The molecular weight excluding hydrogens is 667 g/mol. The molecule has 43 heavy (non-hydrogen) atoms. The molecule has 13 heteroatoms. The number of allylic oxidation sites excluding steroid dienone is 1. The van der Waals surface area contributed by atoms with Gasteiger partial charge < -0.3 is 23.8 Å². The molecule has 10 nitrogen and oxygen atoms in total. The van der Waals surface area contributed by atoms with Gasteiger partial charge in [0.25, 0.3) is 0 Å². The van der Waals surface area contributed by atoms with Crippen molar-refractivity contribution < 1.29 is 38.1 Å². The molecule has 2 aromatic rings. The molecule has 2 aromatic carbocycles. The van der Waals surface area contributed by atoms with Crippen LogP contribution in [0.15, 0.2) is 64.9 Å². The Morgan fingerprint density at radius 3 is 2.37 bits per heavy atom. The summed E-state index contributed by atoms with van der Waals surface area (Å²) in [7, 11) is 5.43. The van der Waals surface area contributed by atoms with Gasteiger partial charge in [0.05, 0.1) is 21.6 Å². The summed E-state index contributed by atoms with van der Waals surface area (Å²) >= 11 is 16.4. The topological polar surface area (TPSA) is 112 Å². The van der Waals surface area contributed by atoms with E-state index >= 15 is 0 Å². The molecular formula is C30H29BrCl2N2O8. The molecule has 0 radical (unpaired) electrons. The van der Waals surface area contributed by atoms with Crippen molar-refractivity contribution in [1.29, 1.82) is 0 Å². The molecule has 0 N–H and O–H groups in total. The molecule has 0 saturated heterocycles. The van der Waals surface area contributed by atoms with Gasteiger partial charge in [-0.25, -0.2) is 9.59 Å². The fraction of sp³-hybridized carbons (Fsp3) is 0.333. The van der Waals surface area contributed by atoms with Crippen LogP contribution < -0.4 is 4.74 Å². The average molecular weight is 696 g/mol. The number of amides is 2. The predicted molar refractivity (Wildman–Crippen MR) is 162 cm³/mol. The molecule has 3 aliphatic rings. The monoisotopic (exact) mass is 694 g/mol. The van der Waals surface area contributed by atoms with E-state index in [4.69, 9.17) is 42.1 Å². The lowest BCUT2D eigenvalue weighted by Crippen LogP contribution is -2.55. The number of Topliss-reactive ketones (excluding diaryl/α,β-unsaturated/α-hetero) is 1. The number of carbonyl (C=O) groups excluding carboxylic acids is 4. The summed E-state index contributed by atoms with van der Waals surface area (Å²) in [5.74, 6) is -1.98. The highest BCUT2D eigenvalue weighted by molar-refractivity contribution is 9.12. The third-order valence-electron chi connectivity index (χ3n) is 7.31. The van der Waals surface area contributed by atoms with Crippen molar-refractivity contribution in [2.24, 2.45) is 0 Å². The molecule has 5 rings (SSSR count). The molecule has 2 aliphatic heterocycles. The van der Waals surface area contributed by atoms with Crippen molar-refractivity contribution in [3.63, 3.8) is 0 Å². The predicted octanol–water partition coefficient (Wildman–Crippen LogP) is 5.09. The van der Waals surface area contributed by atoms with Gasteiger partial charge in [-0.1, -0.05) is 53.5 Å². The summed E-state index contributed by atoms with van der Waals surface area (Å²) in [5, 5.41) is 0.145. The molecule has 1 unspecified atom stereocenters. The highest BCUT2D eigenvalue weighted by Gasteiger charge is 2.43. The van der Waals surface area contributed by atoms with Crippen LogP contribution in [-0.4, -0.2) is 79.6 Å². The maximum absolute atomic E-state index is 14.2. The molecule has 0 spiro atoms. The highest BCUT2D eigenvalue weighted by atomic mass is 79.9. The lowest BCUT2D eigenvalue weighted by molar-refractivity contribution is -0.155. The summed E-state index contributed by atoms with van der Waals surface area (Å²) < 4.78 is 22.4. The van der Waals surface area contributed by atoms with Gasteiger partial charge in [-0.15, -0.1) is 0 Å². The van der Waals surface area contributed by atoms with Gasteiger partial charge in [0.15, 0.2) is 11.5 Å². The summed E-state index contributed by atoms with van der Waals surface area (Å²) in [6.07, 6.45) is 1.89. The Labute approximate surface area is 267 Å². The van der Waals surface area contributed by atoms with Crippen molar-refractivity contribution in [2.75, 3.05) is 28.3 Å². The molecule has 2 heterocycles. The number of hydrogen-bond donors (Lipinski definition) is 0. The summed E-state index contributed by atoms with van der Waals surface area (Å²) in [6, 6.07) is 9.79. The van der Waals surface area contributed by atoms with Crippen LogP contribution in [0.4, 0.5) is 4.79 Å². The second kappa shape index (κ2) is 13.5. The Hall–Kier alpha value is -3.38. The number of esters is 1. The first kappa shape index (κ1) is 32.5. The normalized spacial score (nSPS) is 22.2. The first-order chi connectivity index (χ1) is 20.4. The maximum atomic E-state index is 14.2. The number of methoxy groups -OCH3 is 2. The first-order valence-electron chi connectivity index (χ1n) is 13.0. The molecule has 3 atom stereocenters. The third kappa shape index (κ3) is 7.06. The Morgan fingerprint density at radius 1 is 1.12 bits per heavy atom. The minimum atomic E-state index is -1.41. The largest absolute Gasteiger partial charge is 0.467 e. The lowest BCUT2D eigenvalue weighted by Gasteiger charge is -2.38. The molecule has 4 bridgehead atoms. The minimum absolute atomic E-state index is 0.0103. The van der Waals surface area contributed by atoms with Crippen LogP contribution >= 0.6 is 39.1 Å². The number of rotatable bonds is 5. The van der Waals surface area contributed by atoms with E-state index in [1.54, 1.807) is 12.1 Å². The molecule has 2 amide bonds. The number of hydrogen-bond acceptors (Lipinski definition) is 8. The Bertz CT molecular complexity index is 1480. The Morgan fingerprint density at radius 2 is 1.77 bits per heavy atom. The lowest BCUT2D eigenvalue weighted by atomic mass is 9.88. The third-order valence-corrected chi connectivity index (χ3v) is 8.46. The number of ketones is 1. The Kier molecular flexibility index (Phi) is 10.2. The number of halogens is 3. The van der Waals surface area contributed by atoms with Crippen molar-refractivity contribution in [3.05, 3.63) is 86.0 Å². The number of benzene rings is 2. The van der Waals surface area contributed by atoms with Crippen LogP contribution in [-0.2, 0) is 41.6 Å². The van der Waals surface area contributed by atoms with Crippen LogP contribution in [0.3, 0.4) is 0 Å². The zero-order valence-corrected chi connectivity index (χ0v) is 26.9. The van der Waals surface area contributed by atoms with E-state index in [0.717, 1.165) is 10.5 Å². The standard InChI is InChI=1S/C30H29BrCl2N2O8/c1-34-23(28(38)40-3)14-30(41-4)13-19(31)25(36)24(15-30)43-26-20(32)10-18(11-21(26)33)12-22(27(34)37)35(2)29(39)42-16-17-8-6-5-7-9-17/h5-11,13,15,22-23H,12,14,16H2,1-4H3/t22-,23+,30?/m1/s1. The summed E-state index contributed by atoms with van der Waals surface area (Å²) in [6.45, 7) is -0.0137. The van der Waals surface area contributed by atoms with Gasteiger partial charge in [-0.05, 0) is 51.3 Å². The van der Waals surface area contributed by atoms with E-state index in [9.17, 15) is 19.2 Å². The van der Waals surface area contributed by atoms with Gasteiger partial charge in [-0.3, -0.25) is 14.5 Å². The van der Waals surface area contributed by atoms with Crippen LogP contribution in [0.1, 0.15) is 17.5 Å². The molecule has 0 fully saturated rings. The van der Waals surface area contributed by atoms with E-state index in [1.165, 1.54) is 57.5 Å². The number of fused-ring (bicyclic) bond motifs is 7. The van der Waals surface area contributed by atoms with E-state index in [-0.39, 0.29) is 45.5 Å². The van der Waals surface area contributed by atoms with Crippen LogP contribution in [0.5, 0.6) is 5.75 Å². The van der Waals surface area contributed by atoms with Gasteiger partial charge >= 0.3 is 12.1 Å². The quantitative estimate of drug-likeness (QED) is 0.398. The number of ether oxygens (including phenoxy) is 4. The second-order valence-corrected chi connectivity index (χ2v) is 11.7. The smallest absolute Gasteiger partial charge is 0.410 e. The van der Waals surface area contributed by atoms with Gasteiger partial charge in [0.2, 0.25) is 11.7 Å². The Balaban J connectivity index is 1.80. The summed E-state index contributed by atoms with van der Waals surface area (Å²) in [4.78, 5) is 55.9. The van der Waals surface area contributed by atoms with Crippen molar-refractivity contribution in [1.82, 2.24) is 9.80 Å². The second-order valence-electron chi connectivity index (χ2n) is 10.0. The fourth-order valence-corrected chi connectivity index (χ4v) is 6.02. The van der Waals surface area contributed by atoms with E-state index < -0.39 is 41.4 Å². The van der Waals surface area contributed by atoms with Gasteiger partial charge in [0.1, 0.15) is 24.3 Å². The average Bonchev–Trinajstić information content (AvgIpc) is 3.00. The zero-order valence-electron chi connectivity index (χ0n) is 23.8. The van der Waals surface area contributed by atoms with Gasteiger partial charge in [-0.2, -0.15) is 0 Å². The minimum Gasteiger partial charge on any atom is -0.467 e. The van der Waals surface area contributed by atoms with Crippen molar-refractivity contribution in [3.8, 4) is 5.75 Å². The zero-order chi connectivity index (χ0) is 31.5. The SMILES string of the molecule is COC(=O)[C@@H]1CC2(OC)C=C(Br)C(=O)C(=C2)Oc2c(Cl)cc(cc2Cl)C[C@@H](N(C)C(=O)OCc2ccccc2)C(=O)N1C. The molecule has 228 valence electrons. The fourth-order valence-electron chi connectivity index (χ4n) is 4.83. The number of likely N-dealkylation sites (N-methyl/N-ethyl adjacent to an activating group) is 2. The number of nitrogens with zero attached hydrogens (tertiary/aromatic N) is 2. The molecule has 0 aromatic heterocycles. The number of carbonyl (C=O) groups is 4. The van der Waals surface area contributed by atoms with Crippen LogP contribution in [0, 0.1) is 0 Å².